The van der Waals surface area contributed by atoms with Crippen molar-refractivity contribution in [2.45, 2.75) is 38.6 Å². The summed E-state index contributed by atoms with van der Waals surface area (Å²) in [6.45, 7) is 0.962. The van der Waals surface area contributed by atoms with Crippen molar-refractivity contribution >= 4 is 10.8 Å². The third-order valence-corrected chi connectivity index (χ3v) is 5.54. The van der Waals surface area contributed by atoms with E-state index in [-0.39, 0.29) is 5.56 Å². The normalized spacial score (nSPS) is 23.0. The minimum Gasteiger partial charge on any atom is -0.309 e. The molecule has 1 fully saturated rings. The molecule has 3 aromatic rings. The van der Waals surface area contributed by atoms with E-state index in [2.05, 4.69) is 25.0 Å². The number of nitrogens with one attached hydrogen (secondary N) is 1. The van der Waals surface area contributed by atoms with Crippen LogP contribution in [0.3, 0.4) is 0 Å². The molecule has 2 aliphatic rings. The number of aromatic nitrogens is 5. The molecule has 5 rings (SSSR count). The van der Waals surface area contributed by atoms with Crippen molar-refractivity contribution in [3.05, 3.63) is 40.4 Å². The van der Waals surface area contributed by atoms with Gasteiger partial charge < -0.3 is 4.57 Å². The predicted octanol–water partition coefficient (Wildman–Crippen LogP) is 2.54. The van der Waals surface area contributed by atoms with E-state index in [1.165, 1.54) is 25.7 Å². The van der Waals surface area contributed by atoms with E-state index in [9.17, 15) is 4.79 Å². The largest absolute Gasteiger partial charge is 0.309 e. The minimum atomic E-state index is -0.166. The first-order chi connectivity index (χ1) is 11.8. The fraction of sp³-hybridized carbons (Fsp3) is 0.444. The number of nitrogens with zero attached hydrogens (tertiary/aromatic N) is 4. The summed E-state index contributed by atoms with van der Waals surface area (Å²) in [4.78, 5) is 12.0. The molecule has 24 heavy (non-hydrogen) atoms. The Morgan fingerprint density at radius 2 is 1.92 bits per heavy atom. The van der Waals surface area contributed by atoms with Crippen molar-refractivity contribution in [1.29, 1.82) is 0 Å². The molecule has 2 unspecified atom stereocenters. The third kappa shape index (κ3) is 2.09. The fourth-order valence-electron chi connectivity index (χ4n) is 4.41. The Bertz CT molecular complexity index is 973. The number of aromatic amines is 1. The first kappa shape index (κ1) is 13.9. The average Bonchev–Trinajstić information content (AvgIpc) is 2.93. The van der Waals surface area contributed by atoms with Crippen LogP contribution in [0.5, 0.6) is 0 Å². The predicted molar refractivity (Wildman–Crippen MR) is 90.5 cm³/mol. The van der Waals surface area contributed by atoms with E-state index >= 15 is 0 Å². The van der Waals surface area contributed by atoms with Gasteiger partial charge in [-0.25, -0.2) is 5.10 Å². The van der Waals surface area contributed by atoms with Crippen molar-refractivity contribution in [3.8, 4) is 11.5 Å². The van der Waals surface area contributed by atoms with Gasteiger partial charge in [0, 0.05) is 18.4 Å². The molecule has 1 aliphatic carbocycles. The van der Waals surface area contributed by atoms with Crippen LogP contribution in [-0.2, 0) is 13.0 Å². The molecule has 3 heterocycles. The summed E-state index contributed by atoms with van der Waals surface area (Å²) >= 11 is 0. The molecule has 2 bridgehead atoms. The molecule has 2 aromatic heterocycles. The second-order valence-corrected chi connectivity index (χ2v) is 7.10. The number of H-pyrrole nitrogens is 1. The highest BCUT2D eigenvalue weighted by Gasteiger charge is 2.30. The van der Waals surface area contributed by atoms with Crippen LogP contribution >= 0.6 is 0 Å². The molecule has 6 heteroatoms. The quantitative estimate of drug-likeness (QED) is 0.747. The zero-order chi connectivity index (χ0) is 16.1. The van der Waals surface area contributed by atoms with Crippen LogP contribution in [0.1, 0.15) is 31.5 Å². The zero-order valence-electron chi connectivity index (χ0n) is 13.4. The summed E-state index contributed by atoms with van der Waals surface area (Å²) in [5.41, 5.74) is 0.557. The maximum atomic E-state index is 12.0. The summed E-state index contributed by atoms with van der Waals surface area (Å²) in [6.07, 6.45) is 6.21. The second-order valence-electron chi connectivity index (χ2n) is 7.10. The molecule has 1 saturated carbocycles. The van der Waals surface area contributed by atoms with Gasteiger partial charge in [-0.2, -0.15) is 5.10 Å². The molecule has 0 spiro atoms. The molecule has 0 saturated heterocycles. The lowest BCUT2D eigenvalue weighted by Gasteiger charge is -2.25. The van der Waals surface area contributed by atoms with Gasteiger partial charge in [-0.3, -0.25) is 4.79 Å². The third-order valence-electron chi connectivity index (χ3n) is 5.54. The van der Waals surface area contributed by atoms with Crippen molar-refractivity contribution in [2.75, 3.05) is 0 Å². The number of hydrogen-bond acceptors (Lipinski definition) is 4. The Labute approximate surface area is 138 Å². The Kier molecular flexibility index (Phi) is 3.04. The van der Waals surface area contributed by atoms with Crippen LogP contribution < -0.4 is 5.56 Å². The van der Waals surface area contributed by atoms with Crippen LogP contribution in [0.25, 0.3) is 22.3 Å². The first-order valence-electron chi connectivity index (χ1n) is 8.69. The van der Waals surface area contributed by atoms with Gasteiger partial charge >= 0.3 is 0 Å². The van der Waals surface area contributed by atoms with Crippen molar-refractivity contribution in [3.63, 3.8) is 0 Å². The van der Waals surface area contributed by atoms with Gasteiger partial charge in [-0.05, 0) is 37.2 Å². The molecule has 2 atom stereocenters. The van der Waals surface area contributed by atoms with Gasteiger partial charge in [-0.1, -0.05) is 24.6 Å². The van der Waals surface area contributed by atoms with Crippen LogP contribution in [0.4, 0.5) is 0 Å². The summed E-state index contributed by atoms with van der Waals surface area (Å²) in [5.74, 6) is 3.29. The smallest absolute Gasteiger partial charge is 0.272 e. The number of rotatable bonds is 1. The molecule has 6 nitrogen and oxygen atoms in total. The summed E-state index contributed by atoms with van der Waals surface area (Å²) < 4.78 is 2.24. The van der Waals surface area contributed by atoms with Gasteiger partial charge in [0.15, 0.2) is 5.82 Å². The summed E-state index contributed by atoms with van der Waals surface area (Å²) in [5, 5.41) is 17.3. The van der Waals surface area contributed by atoms with Gasteiger partial charge in [0.25, 0.3) is 5.56 Å². The van der Waals surface area contributed by atoms with Gasteiger partial charge in [0.1, 0.15) is 11.5 Å². The van der Waals surface area contributed by atoms with E-state index in [0.29, 0.717) is 11.3 Å². The standard InChI is InChI=1S/C18H19N5O/c24-18-14-7-2-1-6-13(14)16(20-22-18)17-21-19-15-9-11-4-3-5-12(8-11)10-23(15)17/h1-2,6-7,11-12H,3-5,8-10H2,(H,22,24). The first-order valence-corrected chi connectivity index (χ1v) is 8.69. The van der Waals surface area contributed by atoms with Crippen LogP contribution in [0, 0.1) is 11.8 Å². The number of hydrogen-bond donors (Lipinski definition) is 1. The monoisotopic (exact) mass is 321 g/mol. The number of benzene rings is 1. The maximum Gasteiger partial charge on any atom is 0.272 e. The molecular formula is C18H19N5O. The van der Waals surface area contributed by atoms with Gasteiger partial charge in [0.05, 0.1) is 5.39 Å². The Balaban J connectivity index is 1.70. The van der Waals surface area contributed by atoms with Crippen molar-refractivity contribution in [2.24, 2.45) is 11.8 Å². The zero-order valence-corrected chi connectivity index (χ0v) is 13.4. The highest BCUT2D eigenvalue weighted by Crippen LogP contribution is 2.36. The number of fused-ring (bicyclic) bond motifs is 4. The van der Waals surface area contributed by atoms with E-state index in [4.69, 9.17) is 0 Å². The van der Waals surface area contributed by atoms with E-state index in [0.717, 1.165) is 41.6 Å². The molecule has 122 valence electrons. The molecular weight excluding hydrogens is 302 g/mol. The van der Waals surface area contributed by atoms with Crippen molar-refractivity contribution in [1.82, 2.24) is 25.0 Å². The Morgan fingerprint density at radius 3 is 2.83 bits per heavy atom. The lowest BCUT2D eigenvalue weighted by atomic mass is 9.81. The topological polar surface area (TPSA) is 76.5 Å². The Morgan fingerprint density at radius 1 is 1.08 bits per heavy atom. The lowest BCUT2D eigenvalue weighted by molar-refractivity contribution is 0.262. The van der Waals surface area contributed by atoms with Crippen LogP contribution in [0.2, 0.25) is 0 Å². The average molecular weight is 321 g/mol. The fourth-order valence-corrected chi connectivity index (χ4v) is 4.41. The molecule has 0 radical (unpaired) electrons. The van der Waals surface area contributed by atoms with Crippen LogP contribution in [0.15, 0.2) is 29.1 Å². The van der Waals surface area contributed by atoms with Crippen molar-refractivity contribution < 1.29 is 0 Å². The molecule has 1 N–H and O–H groups in total. The minimum absolute atomic E-state index is 0.166. The molecule has 0 amide bonds. The van der Waals surface area contributed by atoms with Gasteiger partial charge in [-0.15, -0.1) is 10.2 Å². The van der Waals surface area contributed by atoms with Gasteiger partial charge in [0.2, 0.25) is 0 Å². The summed E-state index contributed by atoms with van der Waals surface area (Å²) in [6, 6.07) is 7.56. The maximum absolute atomic E-state index is 12.0. The second kappa shape index (κ2) is 5.26. The van der Waals surface area contributed by atoms with E-state index < -0.39 is 0 Å². The van der Waals surface area contributed by atoms with E-state index in [1.54, 1.807) is 0 Å². The van der Waals surface area contributed by atoms with E-state index in [1.807, 2.05) is 24.3 Å². The SMILES string of the molecule is O=c1[nH]nc(-c2nnc3n2CC2CCCC(C3)C2)c2ccccc12. The molecule has 1 aliphatic heterocycles. The highest BCUT2D eigenvalue weighted by atomic mass is 16.1. The Hall–Kier alpha value is -2.50. The summed E-state index contributed by atoms with van der Waals surface area (Å²) in [7, 11) is 0. The lowest BCUT2D eigenvalue weighted by Crippen LogP contribution is -2.17. The molecule has 1 aromatic carbocycles. The highest BCUT2D eigenvalue weighted by molar-refractivity contribution is 5.92. The van der Waals surface area contributed by atoms with Crippen LogP contribution in [-0.4, -0.2) is 25.0 Å².